The van der Waals surface area contributed by atoms with Crippen LogP contribution >= 0.6 is 0 Å². The van der Waals surface area contributed by atoms with E-state index in [2.05, 4.69) is 36.4 Å². The van der Waals surface area contributed by atoms with Crippen LogP contribution in [-0.2, 0) is 13.0 Å². The van der Waals surface area contributed by atoms with Gasteiger partial charge < -0.3 is 5.32 Å². The van der Waals surface area contributed by atoms with E-state index < -0.39 is 0 Å². The summed E-state index contributed by atoms with van der Waals surface area (Å²) in [7, 11) is 0. The fraction of sp³-hybridized carbons (Fsp3) is 0.500. The Morgan fingerprint density at radius 1 is 1.25 bits per heavy atom. The minimum Gasteiger partial charge on any atom is -0.349 e. The Morgan fingerprint density at radius 2 is 2.00 bits per heavy atom. The molecule has 1 heterocycles. The zero-order valence-electron chi connectivity index (χ0n) is 14.7. The Labute approximate surface area is 144 Å². The summed E-state index contributed by atoms with van der Waals surface area (Å²) in [6.07, 6.45) is 7.32. The summed E-state index contributed by atoms with van der Waals surface area (Å²) in [5.41, 5.74) is 2.94. The highest BCUT2D eigenvalue weighted by molar-refractivity contribution is 5.95. The van der Waals surface area contributed by atoms with Gasteiger partial charge in [-0.25, -0.2) is 0 Å². The first-order valence-corrected chi connectivity index (χ1v) is 9.08. The predicted molar refractivity (Wildman–Crippen MR) is 96.0 cm³/mol. The van der Waals surface area contributed by atoms with Crippen molar-refractivity contribution in [3.05, 3.63) is 53.3 Å². The molecule has 1 aliphatic carbocycles. The minimum atomic E-state index is 0.0323. The molecule has 2 aromatic rings. The van der Waals surface area contributed by atoms with Crippen molar-refractivity contribution in [1.82, 2.24) is 15.1 Å². The van der Waals surface area contributed by atoms with Gasteiger partial charge in [0, 0.05) is 6.04 Å². The lowest BCUT2D eigenvalue weighted by Crippen LogP contribution is -2.41. The zero-order chi connectivity index (χ0) is 16.9. The van der Waals surface area contributed by atoms with Crippen LogP contribution in [0.4, 0.5) is 0 Å². The van der Waals surface area contributed by atoms with Gasteiger partial charge in [0.05, 0.1) is 24.0 Å². The number of carbonyl (C=O) groups excluding carboxylic acids is 1. The molecule has 0 bridgehead atoms. The first-order valence-electron chi connectivity index (χ1n) is 9.08. The number of hydrogen-bond donors (Lipinski definition) is 1. The van der Waals surface area contributed by atoms with Gasteiger partial charge in [-0.3, -0.25) is 9.48 Å². The van der Waals surface area contributed by atoms with E-state index in [-0.39, 0.29) is 5.91 Å². The molecule has 128 valence electrons. The molecule has 1 aromatic carbocycles. The number of amides is 1. The van der Waals surface area contributed by atoms with Crippen LogP contribution in [0.1, 0.15) is 61.1 Å². The first-order chi connectivity index (χ1) is 11.7. The van der Waals surface area contributed by atoms with E-state index in [0.29, 0.717) is 18.5 Å². The molecule has 24 heavy (non-hydrogen) atoms. The summed E-state index contributed by atoms with van der Waals surface area (Å²) in [5.74, 6) is 0.594. The Balaban J connectivity index is 1.74. The normalized spacial score (nSPS) is 20.8. The van der Waals surface area contributed by atoms with Gasteiger partial charge in [0.15, 0.2) is 0 Å². The summed E-state index contributed by atoms with van der Waals surface area (Å²) >= 11 is 0. The number of carbonyl (C=O) groups is 1. The average Bonchev–Trinajstić information content (AvgIpc) is 3.00. The molecule has 0 saturated heterocycles. The second kappa shape index (κ2) is 7.65. The average molecular weight is 325 g/mol. The molecule has 4 nitrogen and oxygen atoms in total. The Bertz CT molecular complexity index is 677. The second-order valence-electron chi connectivity index (χ2n) is 6.84. The molecule has 0 spiro atoms. The molecule has 1 aliphatic rings. The van der Waals surface area contributed by atoms with Crippen molar-refractivity contribution in [1.29, 1.82) is 0 Å². The van der Waals surface area contributed by atoms with Gasteiger partial charge in [-0.1, -0.05) is 57.0 Å². The van der Waals surface area contributed by atoms with Crippen LogP contribution in [0.2, 0.25) is 0 Å². The smallest absolute Gasteiger partial charge is 0.254 e. The lowest BCUT2D eigenvalue weighted by Gasteiger charge is -2.29. The molecule has 4 heteroatoms. The topological polar surface area (TPSA) is 46.9 Å². The first kappa shape index (κ1) is 16.7. The fourth-order valence-electron chi connectivity index (χ4n) is 3.64. The molecule has 1 amide bonds. The number of hydrogen-bond acceptors (Lipinski definition) is 2. The van der Waals surface area contributed by atoms with E-state index in [0.717, 1.165) is 24.1 Å². The quantitative estimate of drug-likeness (QED) is 0.909. The van der Waals surface area contributed by atoms with Gasteiger partial charge in [0.25, 0.3) is 5.91 Å². The zero-order valence-corrected chi connectivity index (χ0v) is 14.7. The van der Waals surface area contributed by atoms with Gasteiger partial charge in [-0.15, -0.1) is 0 Å². The molecule has 3 rings (SSSR count). The Kier molecular flexibility index (Phi) is 5.34. The summed E-state index contributed by atoms with van der Waals surface area (Å²) in [6.45, 7) is 5.03. The summed E-state index contributed by atoms with van der Waals surface area (Å²) < 4.78 is 1.95. The van der Waals surface area contributed by atoms with Crippen LogP contribution in [0, 0.1) is 5.92 Å². The SMILES string of the molecule is CCc1c(C(=O)NC2CCCCC2C)cnn1Cc1ccccc1. The monoisotopic (exact) mass is 325 g/mol. The summed E-state index contributed by atoms with van der Waals surface area (Å²) in [6, 6.07) is 10.5. The maximum absolute atomic E-state index is 12.7. The molecule has 1 N–H and O–H groups in total. The van der Waals surface area contributed by atoms with Crippen LogP contribution in [0.15, 0.2) is 36.5 Å². The highest BCUT2D eigenvalue weighted by Gasteiger charge is 2.25. The molecular weight excluding hydrogens is 298 g/mol. The Hall–Kier alpha value is -2.10. The van der Waals surface area contributed by atoms with Gasteiger partial charge in [-0.05, 0) is 30.7 Å². The number of nitrogens with zero attached hydrogens (tertiary/aromatic N) is 2. The fourth-order valence-corrected chi connectivity index (χ4v) is 3.64. The maximum atomic E-state index is 12.7. The number of rotatable bonds is 5. The number of aromatic nitrogens is 2. The molecule has 0 aliphatic heterocycles. The molecule has 1 aromatic heterocycles. The van der Waals surface area contributed by atoms with Crippen molar-refractivity contribution in [2.45, 2.75) is 58.5 Å². The largest absolute Gasteiger partial charge is 0.349 e. The molecule has 2 atom stereocenters. The second-order valence-corrected chi connectivity index (χ2v) is 6.84. The minimum absolute atomic E-state index is 0.0323. The van der Waals surface area contributed by atoms with Crippen LogP contribution in [-0.4, -0.2) is 21.7 Å². The van der Waals surface area contributed by atoms with E-state index in [4.69, 9.17) is 0 Å². The lowest BCUT2D eigenvalue weighted by atomic mass is 9.86. The third-order valence-corrected chi connectivity index (χ3v) is 5.13. The van der Waals surface area contributed by atoms with Crippen molar-refractivity contribution in [2.75, 3.05) is 0 Å². The highest BCUT2D eigenvalue weighted by Crippen LogP contribution is 2.24. The molecule has 2 unspecified atom stereocenters. The molecule has 0 radical (unpaired) electrons. The van der Waals surface area contributed by atoms with Crippen molar-refractivity contribution in [2.24, 2.45) is 5.92 Å². The van der Waals surface area contributed by atoms with Crippen molar-refractivity contribution in [3.63, 3.8) is 0 Å². The van der Waals surface area contributed by atoms with Crippen LogP contribution in [0.3, 0.4) is 0 Å². The summed E-state index contributed by atoms with van der Waals surface area (Å²) in [5, 5.41) is 7.72. The number of benzene rings is 1. The van der Waals surface area contributed by atoms with Crippen LogP contribution in [0.5, 0.6) is 0 Å². The van der Waals surface area contributed by atoms with E-state index in [1.165, 1.54) is 24.8 Å². The van der Waals surface area contributed by atoms with Gasteiger partial charge in [0.1, 0.15) is 0 Å². The van der Waals surface area contributed by atoms with Crippen LogP contribution in [0.25, 0.3) is 0 Å². The molecule has 1 fully saturated rings. The summed E-state index contributed by atoms with van der Waals surface area (Å²) in [4.78, 5) is 12.7. The van der Waals surface area contributed by atoms with E-state index in [9.17, 15) is 4.79 Å². The Morgan fingerprint density at radius 3 is 2.71 bits per heavy atom. The van der Waals surface area contributed by atoms with Gasteiger partial charge in [-0.2, -0.15) is 5.10 Å². The maximum Gasteiger partial charge on any atom is 0.254 e. The van der Waals surface area contributed by atoms with E-state index in [1.807, 2.05) is 22.9 Å². The van der Waals surface area contributed by atoms with Gasteiger partial charge in [0.2, 0.25) is 0 Å². The van der Waals surface area contributed by atoms with Crippen molar-refractivity contribution >= 4 is 5.91 Å². The number of nitrogens with one attached hydrogen (secondary N) is 1. The van der Waals surface area contributed by atoms with Crippen molar-refractivity contribution < 1.29 is 4.79 Å². The standard InChI is InChI=1S/C20H27N3O/c1-3-19-17(20(24)22-18-12-8-7-9-15(18)2)13-21-23(19)14-16-10-5-4-6-11-16/h4-6,10-11,13,15,18H,3,7-9,12,14H2,1-2H3,(H,22,24). The highest BCUT2D eigenvalue weighted by atomic mass is 16.1. The van der Waals surface area contributed by atoms with Crippen LogP contribution < -0.4 is 5.32 Å². The van der Waals surface area contributed by atoms with Crippen molar-refractivity contribution in [3.8, 4) is 0 Å². The van der Waals surface area contributed by atoms with E-state index in [1.54, 1.807) is 6.20 Å². The third-order valence-electron chi connectivity index (χ3n) is 5.13. The van der Waals surface area contributed by atoms with E-state index >= 15 is 0 Å². The third kappa shape index (κ3) is 3.69. The lowest BCUT2D eigenvalue weighted by molar-refractivity contribution is 0.0909. The molecular formula is C20H27N3O. The van der Waals surface area contributed by atoms with Gasteiger partial charge >= 0.3 is 0 Å². The predicted octanol–water partition coefficient (Wildman–Crippen LogP) is 3.80. The molecule has 1 saturated carbocycles.